The molecule has 2 rings (SSSR count). The topological polar surface area (TPSA) is 63.5 Å². The van der Waals surface area contributed by atoms with Gasteiger partial charge >= 0.3 is 0 Å². The van der Waals surface area contributed by atoms with Crippen LogP contribution in [0.3, 0.4) is 0 Å². The van der Waals surface area contributed by atoms with Crippen LogP contribution in [0.2, 0.25) is 0 Å². The van der Waals surface area contributed by atoms with Gasteiger partial charge in [0, 0.05) is 24.1 Å². The van der Waals surface area contributed by atoms with Crippen LogP contribution in [0.4, 0.5) is 5.69 Å². The summed E-state index contributed by atoms with van der Waals surface area (Å²) in [5.74, 6) is 0.159. The van der Waals surface area contributed by atoms with E-state index in [9.17, 15) is 14.9 Å². The van der Waals surface area contributed by atoms with Crippen molar-refractivity contribution in [2.75, 3.05) is 13.1 Å². The Bertz CT molecular complexity index is 440. The highest BCUT2D eigenvalue weighted by atomic mass is 16.6. The van der Waals surface area contributed by atoms with Gasteiger partial charge in [-0.2, -0.15) is 0 Å². The van der Waals surface area contributed by atoms with Gasteiger partial charge in [0.15, 0.2) is 0 Å². The molecule has 5 nitrogen and oxygen atoms in total. The van der Waals surface area contributed by atoms with Gasteiger partial charge in [-0.1, -0.05) is 18.2 Å². The fourth-order valence-electron chi connectivity index (χ4n) is 2.31. The van der Waals surface area contributed by atoms with Crippen LogP contribution < -0.4 is 0 Å². The molecule has 0 aliphatic carbocycles. The number of hydrogen-bond acceptors (Lipinski definition) is 4. The molecule has 1 aromatic carbocycles. The molecule has 1 aliphatic heterocycles. The Morgan fingerprint density at radius 2 is 2.00 bits per heavy atom. The van der Waals surface area contributed by atoms with E-state index in [0.29, 0.717) is 6.54 Å². The first-order chi connectivity index (χ1) is 8.70. The third-order valence-electron chi connectivity index (χ3n) is 3.41. The molecule has 0 aromatic heterocycles. The minimum Gasteiger partial charge on any atom is -0.303 e. The van der Waals surface area contributed by atoms with Crippen LogP contribution in [0.1, 0.15) is 18.4 Å². The molecule has 0 N–H and O–H groups in total. The number of carbonyl (C=O) groups is 1. The lowest BCUT2D eigenvalue weighted by Crippen LogP contribution is -2.33. The maximum Gasteiger partial charge on any atom is 0.273 e. The number of nitrogens with zero attached hydrogens (tertiary/aromatic N) is 2. The molecule has 1 saturated heterocycles. The second-order valence-electron chi connectivity index (χ2n) is 4.64. The van der Waals surface area contributed by atoms with Crippen molar-refractivity contribution in [2.24, 2.45) is 5.92 Å². The fraction of sp³-hybridized carbons (Fsp3) is 0.462. The molecule has 96 valence electrons. The zero-order chi connectivity index (χ0) is 13.0. The first-order valence-electron chi connectivity index (χ1n) is 6.10. The molecule has 0 saturated carbocycles. The van der Waals surface area contributed by atoms with Crippen molar-refractivity contribution in [3.05, 3.63) is 39.9 Å². The van der Waals surface area contributed by atoms with E-state index >= 15 is 0 Å². The van der Waals surface area contributed by atoms with Crippen molar-refractivity contribution < 1.29 is 9.72 Å². The Morgan fingerprint density at radius 3 is 2.61 bits per heavy atom. The summed E-state index contributed by atoms with van der Waals surface area (Å²) in [4.78, 5) is 23.4. The largest absolute Gasteiger partial charge is 0.303 e. The number of likely N-dealkylation sites (tertiary alicyclic amines) is 1. The summed E-state index contributed by atoms with van der Waals surface area (Å²) >= 11 is 0. The summed E-state index contributed by atoms with van der Waals surface area (Å²) in [7, 11) is 0. The molecule has 0 radical (unpaired) electrons. The predicted octanol–water partition coefficient (Wildman–Crippen LogP) is 2.01. The van der Waals surface area contributed by atoms with E-state index in [1.54, 1.807) is 12.1 Å². The van der Waals surface area contributed by atoms with Crippen molar-refractivity contribution in [2.45, 2.75) is 19.4 Å². The average Bonchev–Trinajstić information content (AvgIpc) is 2.40. The van der Waals surface area contributed by atoms with E-state index in [1.165, 1.54) is 6.07 Å². The van der Waals surface area contributed by atoms with E-state index < -0.39 is 0 Å². The minimum atomic E-state index is -0.340. The van der Waals surface area contributed by atoms with E-state index in [0.717, 1.165) is 37.8 Å². The van der Waals surface area contributed by atoms with Crippen LogP contribution in [0, 0.1) is 16.0 Å². The highest BCUT2D eigenvalue weighted by molar-refractivity contribution is 5.53. The number of piperidine rings is 1. The summed E-state index contributed by atoms with van der Waals surface area (Å²) in [6.45, 7) is 2.24. The second kappa shape index (κ2) is 5.73. The van der Waals surface area contributed by atoms with Crippen molar-refractivity contribution in [3.8, 4) is 0 Å². The monoisotopic (exact) mass is 248 g/mol. The van der Waals surface area contributed by atoms with Crippen molar-refractivity contribution in [3.63, 3.8) is 0 Å². The highest BCUT2D eigenvalue weighted by Crippen LogP contribution is 2.22. The smallest absolute Gasteiger partial charge is 0.273 e. The maximum atomic E-state index is 10.9. The van der Waals surface area contributed by atoms with Gasteiger partial charge in [-0.25, -0.2) is 0 Å². The molecule has 18 heavy (non-hydrogen) atoms. The molecular weight excluding hydrogens is 232 g/mol. The Morgan fingerprint density at radius 1 is 1.33 bits per heavy atom. The number of nitro benzene ring substituents is 1. The number of rotatable bonds is 4. The Kier molecular flexibility index (Phi) is 4.04. The van der Waals surface area contributed by atoms with Crippen LogP contribution in [-0.2, 0) is 11.3 Å². The maximum absolute atomic E-state index is 10.9. The molecule has 0 atom stereocenters. The van der Waals surface area contributed by atoms with Crippen molar-refractivity contribution >= 4 is 12.0 Å². The zero-order valence-corrected chi connectivity index (χ0v) is 10.1. The zero-order valence-electron chi connectivity index (χ0n) is 10.1. The molecule has 0 bridgehead atoms. The number of hydrogen-bond donors (Lipinski definition) is 0. The Balaban J connectivity index is 2.02. The lowest BCUT2D eigenvalue weighted by Gasteiger charge is -2.29. The summed E-state index contributed by atoms with van der Waals surface area (Å²) in [6.07, 6.45) is 2.72. The van der Waals surface area contributed by atoms with Crippen LogP contribution in [-0.4, -0.2) is 29.2 Å². The van der Waals surface area contributed by atoms with Gasteiger partial charge in [0.2, 0.25) is 0 Å². The first kappa shape index (κ1) is 12.7. The number of nitro groups is 1. The summed E-state index contributed by atoms with van der Waals surface area (Å²) in [5.41, 5.74) is 0.919. The van der Waals surface area contributed by atoms with Gasteiger partial charge in [-0.3, -0.25) is 15.0 Å². The SMILES string of the molecule is O=CC1CCN(Cc2ccccc2[N+](=O)[O-])CC1. The van der Waals surface area contributed by atoms with Crippen LogP contribution >= 0.6 is 0 Å². The van der Waals surface area contributed by atoms with Gasteiger partial charge in [0.05, 0.1) is 4.92 Å². The normalized spacial score (nSPS) is 17.6. The van der Waals surface area contributed by atoms with Crippen LogP contribution in [0.25, 0.3) is 0 Å². The quantitative estimate of drug-likeness (QED) is 0.464. The summed E-state index contributed by atoms with van der Waals surface area (Å²) in [6, 6.07) is 6.83. The molecule has 5 heteroatoms. The summed E-state index contributed by atoms with van der Waals surface area (Å²) < 4.78 is 0. The predicted molar refractivity (Wildman–Crippen MR) is 67.2 cm³/mol. The molecular formula is C13H16N2O3. The summed E-state index contributed by atoms with van der Waals surface area (Å²) in [5, 5.41) is 10.9. The first-order valence-corrected chi connectivity index (χ1v) is 6.10. The number of benzene rings is 1. The second-order valence-corrected chi connectivity index (χ2v) is 4.64. The van der Waals surface area contributed by atoms with E-state index in [4.69, 9.17) is 0 Å². The lowest BCUT2D eigenvalue weighted by atomic mass is 9.98. The van der Waals surface area contributed by atoms with E-state index in [-0.39, 0.29) is 16.5 Å². The van der Waals surface area contributed by atoms with Gasteiger partial charge in [0.1, 0.15) is 6.29 Å². The standard InChI is InChI=1S/C13H16N2O3/c16-10-11-5-7-14(8-6-11)9-12-3-1-2-4-13(12)15(17)18/h1-4,10-11H,5-9H2. The number of aldehydes is 1. The number of para-hydroxylation sites is 1. The van der Waals surface area contributed by atoms with Crippen molar-refractivity contribution in [1.82, 2.24) is 4.90 Å². The number of carbonyl (C=O) groups excluding carboxylic acids is 1. The molecule has 1 aliphatic rings. The molecule has 1 fully saturated rings. The molecule has 0 amide bonds. The lowest BCUT2D eigenvalue weighted by molar-refractivity contribution is -0.385. The molecule has 0 unspecified atom stereocenters. The van der Waals surface area contributed by atoms with Gasteiger partial charge in [-0.15, -0.1) is 0 Å². The van der Waals surface area contributed by atoms with Gasteiger partial charge < -0.3 is 4.79 Å². The Hall–Kier alpha value is -1.75. The molecule has 1 heterocycles. The van der Waals surface area contributed by atoms with Crippen molar-refractivity contribution in [1.29, 1.82) is 0 Å². The fourth-order valence-corrected chi connectivity index (χ4v) is 2.31. The third kappa shape index (κ3) is 2.92. The highest BCUT2D eigenvalue weighted by Gasteiger charge is 2.21. The van der Waals surface area contributed by atoms with E-state index in [1.807, 2.05) is 6.07 Å². The minimum absolute atomic E-state index is 0.159. The Labute approximate surface area is 106 Å². The average molecular weight is 248 g/mol. The van der Waals surface area contributed by atoms with Crippen LogP contribution in [0.5, 0.6) is 0 Å². The third-order valence-corrected chi connectivity index (χ3v) is 3.41. The molecule has 1 aromatic rings. The van der Waals surface area contributed by atoms with E-state index in [2.05, 4.69) is 4.90 Å². The van der Waals surface area contributed by atoms with Gasteiger partial charge in [0.25, 0.3) is 5.69 Å². The van der Waals surface area contributed by atoms with Gasteiger partial charge in [-0.05, 0) is 25.9 Å². The van der Waals surface area contributed by atoms with Crippen LogP contribution in [0.15, 0.2) is 24.3 Å². The molecule has 0 spiro atoms.